The Morgan fingerprint density at radius 1 is 1.17 bits per heavy atom. The van der Waals surface area contributed by atoms with Crippen LogP contribution in [-0.2, 0) is 13.0 Å². The number of carbonyl (C=O) groups excluding carboxylic acids is 1. The van der Waals surface area contributed by atoms with E-state index in [-0.39, 0.29) is 5.91 Å². The van der Waals surface area contributed by atoms with E-state index in [1.165, 1.54) is 5.56 Å². The minimum atomic E-state index is -0.0349. The first-order chi connectivity index (χ1) is 11.0. The lowest BCUT2D eigenvalue weighted by Crippen LogP contribution is -2.36. The highest BCUT2D eigenvalue weighted by atomic mass is 16.5. The number of nitrogens with zero attached hydrogens (tertiary/aromatic N) is 2. The quantitative estimate of drug-likeness (QED) is 0.943. The number of fused-ring (bicyclic) bond motifs is 1. The van der Waals surface area contributed by atoms with E-state index in [9.17, 15) is 4.79 Å². The number of methoxy groups -OCH3 is 2. The van der Waals surface area contributed by atoms with Gasteiger partial charge in [0, 0.05) is 24.3 Å². The molecule has 1 aliphatic heterocycles. The van der Waals surface area contributed by atoms with Crippen molar-refractivity contribution in [2.75, 3.05) is 20.8 Å². The summed E-state index contributed by atoms with van der Waals surface area (Å²) in [6, 6.07) is 3.95. The Labute approximate surface area is 135 Å². The highest BCUT2D eigenvalue weighted by Crippen LogP contribution is 2.33. The van der Waals surface area contributed by atoms with E-state index in [0.29, 0.717) is 24.5 Å². The van der Waals surface area contributed by atoms with Gasteiger partial charge >= 0.3 is 0 Å². The Morgan fingerprint density at radius 3 is 2.39 bits per heavy atom. The molecule has 1 aromatic heterocycles. The molecule has 0 bridgehead atoms. The second-order valence-corrected chi connectivity index (χ2v) is 5.77. The van der Waals surface area contributed by atoms with Crippen molar-refractivity contribution in [3.63, 3.8) is 0 Å². The molecule has 0 saturated carbocycles. The molecule has 0 spiro atoms. The molecule has 0 radical (unpaired) electrons. The third kappa shape index (κ3) is 2.65. The number of carbonyl (C=O) groups is 1. The predicted octanol–water partition coefficient (Wildman–Crippen LogP) is 2.24. The second kappa shape index (κ2) is 5.95. The van der Waals surface area contributed by atoms with E-state index >= 15 is 0 Å². The summed E-state index contributed by atoms with van der Waals surface area (Å²) < 4.78 is 10.7. The Morgan fingerprint density at radius 2 is 1.83 bits per heavy atom. The lowest BCUT2D eigenvalue weighted by atomic mass is 9.98. The van der Waals surface area contributed by atoms with Crippen molar-refractivity contribution in [2.45, 2.75) is 26.8 Å². The molecule has 2 heterocycles. The van der Waals surface area contributed by atoms with Crippen molar-refractivity contribution in [2.24, 2.45) is 0 Å². The number of rotatable bonds is 3. The molecule has 1 aromatic carbocycles. The van der Waals surface area contributed by atoms with E-state index in [4.69, 9.17) is 9.47 Å². The zero-order chi connectivity index (χ0) is 16.6. The van der Waals surface area contributed by atoms with E-state index in [1.54, 1.807) is 14.2 Å². The molecule has 0 aliphatic carbocycles. The van der Waals surface area contributed by atoms with Crippen LogP contribution in [0.2, 0.25) is 0 Å². The van der Waals surface area contributed by atoms with Gasteiger partial charge in [0.15, 0.2) is 17.2 Å². The van der Waals surface area contributed by atoms with Gasteiger partial charge in [0.1, 0.15) is 0 Å². The molecule has 6 heteroatoms. The number of ether oxygens (including phenoxy) is 2. The number of H-pyrrole nitrogens is 1. The zero-order valence-electron chi connectivity index (χ0n) is 13.9. The van der Waals surface area contributed by atoms with Crippen LogP contribution in [0.15, 0.2) is 12.1 Å². The number of hydrogen-bond donors (Lipinski definition) is 1. The zero-order valence-corrected chi connectivity index (χ0v) is 13.9. The van der Waals surface area contributed by atoms with Gasteiger partial charge in [-0.25, -0.2) is 0 Å². The molecule has 122 valence electrons. The van der Waals surface area contributed by atoms with Gasteiger partial charge in [0.2, 0.25) is 0 Å². The first-order valence-electron chi connectivity index (χ1n) is 7.59. The van der Waals surface area contributed by atoms with Gasteiger partial charge in [-0.1, -0.05) is 0 Å². The molecule has 0 atom stereocenters. The van der Waals surface area contributed by atoms with Crippen LogP contribution in [-0.4, -0.2) is 41.8 Å². The van der Waals surface area contributed by atoms with Crippen molar-refractivity contribution in [3.05, 3.63) is 40.2 Å². The summed E-state index contributed by atoms with van der Waals surface area (Å²) in [6.07, 6.45) is 0.796. The Kier molecular flexibility index (Phi) is 3.98. The van der Waals surface area contributed by atoms with Gasteiger partial charge in [-0.3, -0.25) is 9.89 Å². The summed E-state index contributed by atoms with van der Waals surface area (Å²) in [5, 5.41) is 7.02. The van der Waals surface area contributed by atoms with Crippen LogP contribution in [0.4, 0.5) is 0 Å². The van der Waals surface area contributed by atoms with Crippen LogP contribution in [0.3, 0.4) is 0 Å². The lowest BCUT2D eigenvalue weighted by Gasteiger charge is -2.29. The number of aromatic nitrogens is 2. The third-order valence-corrected chi connectivity index (χ3v) is 4.46. The molecule has 0 saturated heterocycles. The maximum Gasteiger partial charge on any atom is 0.274 e. The van der Waals surface area contributed by atoms with Gasteiger partial charge in [-0.2, -0.15) is 5.10 Å². The van der Waals surface area contributed by atoms with Crippen LogP contribution in [0.1, 0.15) is 32.9 Å². The van der Waals surface area contributed by atoms with Crippen LogP contribution >= 0.6 is 0 Å². The fourth-order valence-electron chi connectivity index (χ4n) is 2.90. The van der Waals surface area contributed by atoms with E-state index in [1.807, 2.05) is 30.9 Å². The van der Waals surface area contributed by atoms with Crippen molar-refractivity contribution in [3.8, 4) is 11.5 Å². The molecule has 1 N–H and O–H groups in total. The average Bonchev–Trinajstić information content (AvgIpc) is 2.91. The average molecular weight is 315 g/mol. The molecule has 1 aliphatic rings. The van der Waals surface area contributed by atoms with Gasteiger partial charge in [0.05, 0.1) is 14.2 Å². The number of aryl methyl sites for hydroxylation is 1. The summed E-state index contributed by atoms with van der Waals surface area (Å²) in [4.78, 5) is 14.5. The van der Waals surface area contributed by atoms with Crippen molar-refractivity contribution in [1.82, 2.24) is 15.1 Å². The summed E-state index contributed by atoms with van der Waals surface area (Å²) in [5.74, 6) is 1.38. The number of amides is 1. The number of hydrogen-bond acceptors (Lipinski definition) is 4. The fraction of sp³-hybridized carbons (Fsp3) is 0.412. The highest BCUT2D eigenvalue weighted by molar-refractivity contribution is 5.94. The first-order valence-corrected chi connectivity index (χ1v) is 7.59. The molecule has 1 amide bonds. The maximum atomic E-state index is 12.7. The second-order valence-electron chi connectivity index (χ2n) is 5.77. The molecular weight excluding hydrogens is 294 g/mol. The van der Waals surface area contributed by atoms with Gasteiger partial charge in [-0.05, 0) is 43.5 Å². The van der Waals surface area contributed by atoms with E-state index < -0.39 is 0 Å². The standard InChI is InChI=1S/C17H21N3O3/c1-10-11(2)18-19-16(10)17(21)20-6-5-12-7-14(22-3)15(23-4)8-13(12)9-20/h7-8H,5-6,9H2,1-4H3,(H,18,19). The smallest absolute Gasteiger partial charge is 0.274 e. The van der Waals surface area contributed by atoms with Gasteiger partial charge in [0.25, 0.3) is 5.91 Å². The Bertz CT molecular complexity index is 752. The monoisotopic (exact) mass is 315 g/mol. The fourth-order valence-corrected chi connectivity index (χ4v) is 2.90. The third-order valence-electron chi connectivity index (χ3n) is 4.46. The number of nitrogens with one attached hydrogen (secondary N) is 1. The van der Waals surface area contributed by atoms with E-state index in [0.717, 1.165) is 29.0 Å². The first kappa shape index (κ1) is 15.4. The van der Waals surface area contributed by atoms with Crippen molar-refractivity contribution < 1.29 is 14.3 Å². The largest absolute Gasteiger partial charge is 0.493 e. The van der Waals surface area contributed by atoms with Crippen molar-refractivity contribution >= 4 is 5.91 Å². The lowest BCUT2D eigenvalue weighted by molar-refractivity contribution is 0.0727. The molecule has 0 unspecified atom stereocenters. The summed E-state index contributed by atoms with van der Waals surface area (Å²) in [6.45, 7) is 5.06. The molecular formula is C17H21N3O3. The maximum absolute atomic E-state index is 12.7. The van der Waals surface area contributed by atoms with E-state index in [2.05, 4.69) is 10.2 Å². The molecule has 3 rings (SSSR count). The van der Waals surface area contributed by atoms with Gasteiger partial charge < -0.3 is 14.4 Å². The van der Waals surface area contributed by atoms with Crippen LogP contribution in [0.5, 0.6) is 11.5 Å². The predicted molar refractivity (Wildman–Crippen MR) is 86.1 cm³/mol. The normalized spacial score (nSPS) is 13.7. The summed E-state index contributed by atoms with van der Waals surface area (Å²) in [7, 11) is 3.25. The van der Waals surface area contributed by atoms with Crippen LogP contribution < -0.4 is 9.47 Å². The Hall–Kier alpha value is -2.50. The topological polar surface area (TPSA) is 67.5 Å². The number of benzene rings is 1. The minimum absolute atomic E-state index is 0.0349. The SMILES string of the molecule is COc1cc2c(cc1OC)CN(C(=O)c1n[nH]c(C)c1C)CC2. The summed E-state index contributed by atoms with van der Waals surface area (Å²) in [5.41, 5.74) is 4.63. The highest BCUT2D eigenvalue weighted by Gasteiger charge is 2.26. The number of aromatic amines is 1. The molecule has 0 fully saturated rings. The molecule has 2 aromatic rings. The van der Waals surface area contributed by atoms with Gasteiger partial charge in [-0.15, -0.1) is 0 Å². The van der Waals surface area contributed by atoms with Crippen LogP contribution in [0.25, 0.3) is 0 Å². The molecule has 23 heavy (non-hydrogen) atoms. The minimum Gasteiger partial charge on any atom is -0.493 e. The van der Waals surface area contributed by atoms with Crippen molar-refractivity contribution in [1.29, 1.82) is 0 Å². The Balaban J connectivity index is 1.88. The summed E-state index contributed by atoms with van der Waals surface area (Å²) >= 11 is 0. The van der Waals surface area contributed by atoms with Crippen LogP contribution in [0, 0.1) is 13.8 Å². The molecule has 6 nitrogen and oxygen atoms in total.